The summed E-state index contributed by atoms with van der Waals surface area (Å²) in [7, 11) is 0. The summed E-state index contributed by atoms with van der Waals surface area (Å²) in [6, 6.07) is 1.64. The molecule has 5 nitrogen and oxygen atoms in total. The molecule has 2 aliphatic rings. The summed E-state index contributed by atoms with van der Waals surface area (Å²) >= 11 is 4.97. The van der Waals surface area contributed by atoms with E-state index in [1.165, 1.54) is 16.2 Å². The van der Waals surface area contributed by atoms with Crippen LogP contribution in [0, 0.1) is 0 Å². The van der Waals surface area contributed by atoms with Crippen molar-refractivity contribution >= 4 is 39.2 Å². The van der Waals surface area contributed by atoms with Gasteiger partial charge < -0.3 is 10.6 Å². The topological polar surface area (TPSA) is 61.4 Å². The lowest BCUT2D eigenvalue weighted by Crippen LogP contribution is -2.57. The summed E-state index contributed by atoms with van der Waals surface area (Å²) in [6.45, 7) is 1.77. The van der Waals surface area contributed by atoms with E-state index in [4.69, 9.17) is 0 Å². The average molecular weight is 344 g/mol. The van der Waals surface area contributed by atoms with Crippen molar-refractivity contribution in [3.05, 3.63) is 20.8 Å². The second kappa shape index (κ2) is 4.88. The molecule has 1 atom stereocenters. The minimum atomic E-state index is -0.723. The average Bonchev–Trinajstić information content (AvgIpc) is 2.89. The Morgan fingerprint density at radius 1 is 1.47 bits per heavy atom. The van der Waals surface area contributed by atoms with Crippen molar-refractivity contribution in [3.8, 4) is 0 Å². The van der Waals surface area contributed by atoms with Crippen LogP contribution in [0.5, 0.6) is 0 Å². The molecule has 1 aromatic heterocycles. The lowest BCUT2D eigenvalue weighted by atomic mass is 9.90. The SMILES string of the molecule is O=C1NC2(CCCNC2)C(=O)N1Cc1sccc1Br. The highest BCUT2D eigenvalue weighted by Gasteiger charge is 2.51. The van der Waals surface area contributed by atoms with Crippen molar-refractivity contribution in [3.63, 3.8) is 0 Å². The fraction of sp³-hybridized carbons (Fsp3) is 0.500. The Hall–Kier alpha value is -0.920. The van der Waals surface area contributed by atoms with E-state index in [0.29, 0.717) is 19.5 Å². The van der Waals surface area contributed by atoms with Crippen LogP contribution in [0.25, 0.3) is 0 Å². The molecule has 3 heterocycles. The number of hydrogen-bond acceptors (Lipinski definition) is 4. The molecule has 1 aromatic rings. The molecule has 7 heteroatoms. The van der Waals surface area contributed by atoms with E-state index in [2.05, 4.69) is 26.6 Å². The predicted octanol–water partition coefficient (Wildman–Crippen LogP) is 1.68. The van der Waals surface area contributed by atoms with Crippen LogP contribution in [-0.2, 0) is 11.3 Å². The highest BCUT2D eigenvalue weighted by atomic mass is 79.9. The fourth-order valence-corrected chi connectivity index (χ4v) is 4.06. The van der Waals surface area contributed by atoms with Crippen molar-refractivity contribution in [1.29, 1.82) is 0 Å². The molecule has 2 N–H and O–H groups in total. The Morgan fingerprint density at radius 3 is 2.95 bits per heavy atom. The zero-order valence-electron chi connectivity index (χ0n) is 10.2. The second-order valence-electron chi connectivity index (χ2n) is 4.88. The number of piperidine rings is 1. The van der Waals surface area contributed by atoms with Crippen LogP contribution < -0.4 is 10.6 Å². The first-order chi connectivity index (χ1) is 9.12. The molecule has 102 valence electrons. The third-order valence-corrected chi connectivity index (χ3v) is 5.53. The number of amides is 3. The van der Waals surface area contributed by atoms with Crippen LogP contribution in [0.4, 0.5) is 4.79 Å². The van der Waals surface area contributed by atoms with Crippen LogP contribution in [0.3, 0.4) is 0 Å². The first kappa shape index (κ1) is 13.1. The summed E-state index contributed by atoms with van der Waals surface area (Å²) in [4.78, 5) is 26.9. The highest BCUT2D eigenvalue weighted by Crippen LogP contribution is 2.29. The molecule has 1 spiro atoms. The van der Waals surface area contributed by atoms with Crippen LogP contribution in [0.15, 0.2) is 15.9 Å². The maximum atomic E-state index is 12.5. The standard InChI is InChI=1S/C12H14BrN3O2S/c13-8-2-5-19-9(8)6-16-10(17)12(15-11(16)18)3-1-4-14-7-12/h2,5,14H,1,3-4,6-7H2,(H,15,18). The Balaban J connectivity index is 1.81. The minimum absolute atomic E-state index is 0.106. The Morgan fingerprint density at radius 2 is 2.32 bits per heavy atom. The molecular weight excluding hydrogens is 330 g/mol. The Kier molecular flexibility index (Phi) is 3.36. The number of nitrogens with one attached hydrogen (secondary N) is 2. The number of halogens is 1. The number of rotatable bonds is 2. The van der Waals surface area contributed by atoms with Crippen LogP contribution in [0.1, 0.15) is 17.7 Å². The summed E-state index contributed by atoms with van der Waals surface area (Å²) in [5.74, 6) is -0.106. The Bertz CT molecular complexity index is 525. The van der Waals surface area contributed by atoms with Crippen molar-refractivity contribution < 1.29 is 9.59 Å². The monoisotopic (exact) mass is 343 g/mol. The van der Waals surface area contributed by atoms with Crippen LogP contribution in [-0.4, -0.2) is 35.5 Å². The molecule has 0 aromatic carbocycles. The molecule has 0 aliphatic carbocycles. The van der Waals surface area contributed by atoms with Crippen molar-refractivity contribution in [2.24, 2.45) is 0 Å². The molecule has 0 bridgehead atoms. The van der Waals surface area contributed by atoms with Gasteiger partial charge in [0.05, 0.1) is 6.54 Å². The van der Waals surface area contributed by atoms with Gasteiger partial charge in [0.1, 0.15) is 5.54 Å². The fourth-order valence-electron chi connectivity index (χ4n) is 2.60. The van der Waals surface area contributed by atoms with E-state index in [9.17, 15) is 9.59 Å². The molecule has 0 saturated carbocycles. The largest absolute Gasteiger partial charge is 0.325 e. The maximum absolute atomic E-state index is 12.5. The van der Waals surface area contributed by atoms with E-state index in [1.54, 1.807) is 0 Å². The quantitative estimate of drug-likeness (QED) is 0.803. The van der Waals surface area contributed by atoms with Gasteiger partial charge in [0.25, 0.3) is 5.91 Å². The van der Waals surface area contributed by atoms with Crippen LogP contribution >= 0.6 is 27.3 Å². The zero-order chi connectivity index (χ0) is 13.5. The summed E-state index contributed by atoms with van der Waals surface area (Å²) in [6.07, 6.45) is 1.62. The van der Waals surface area contributed by atoms with Gasteiger partial charge in [0.2, 0.25) is 0 Å². The maximum Gasteiger partial charge on any atom is 0.325 e. The lowest BCUT2D eigenvalue weighted by Gasteiger charge is -2.31. The van der Waals surface area contributed by atoms with Gasteiger partial charge in [-0.25, -0.2) is 4.79 Å². The van der Waals surface area contributed by atoms with E-state index in [0.717, 1.165) is 22.3 Å². The third-order valence-electron chi connectivity index (χ3n) is 3.62. The number of carbonyl (C=O) groups is 2. The first-order valence-electron chi connectivity index (χ1n) is 6.19. The molecular formula is C12H14BrN3O2S. The van der Waals surface area contributed by atoms with Gasteiger partial charge in [-0.3, -0.25) is 9.69 Å². The van der Waals surface area contributed by atoms with E-state index in [-0.39, 0.29) is 11.9 Å². The molecule has 2 saturated heterocycles. The molecule has 2 fully saturated rings. The lowest BCUT2D eigenvalue weighted by molar-refractivity contribution is -0.132. The van der Waals surface area contributed by atoms with E-state index < -0.39 is 5.54 Å². The van der Waals surface area contributed by atoms with Gasteiger partial charge in [0.15, 0.2) is 0 Å². The molecule has 3 rings (SSSR count). The first-order valence-corrected chi connectivity index (χ1v) is 7.86. The number of urea groups is 1. The molecule has 19 heavy (non-hydrogen) atoms. The van der Waals surface area contributed by atoms with Gasteiger partial charge in [-0.2, -0.15) is 0 Å². The van der Waals surface area contributed by atoms with Crippen molar-refractivity contribution in [2.45, 2.75) is 24.9 Å². The molecule has 0 radical (unpaired) electrons. The highest BCUT2D eigenvalue weighted by molar-refractivity contribution is 9.10. The summed E-state index contributed by atoms with van der Waals surface area (Å²) in [5.41, 5.74) is -0.723. The van der Waals surface area contributed by atoms with Gasteiger partial charge in [-0.1, -0.05) is 0 Å². The molecule has 3 amide bonds. The van der Waals surface area contributed by atoms with E-state index >= 15 is 0 Å². The normalized spacial score (nSPS) is 27.1. The van der Waals surface area contributed by atoms with Crippen molar-refractivity contribution in [2.75, 3.05) is 13.1 Å². The van der Waals surface area contributed by atoms with Gasteiger partial charge in [-0.15, -0.1) is 11.3 Å². The van der Waals surface area contributed by atoms with Crippen LogP contribution in [0.2, 0.25) is 0 Å². The number of carbonyl (C=O) groups excluding carboxylic acids is 2. The Labute approximate surface area is 123 Å². The number of thiophene rings is 1. The third kappa shape index (κ3) is 2.19. The van der Waals surface area contributed by atoms with Gasteiger partial charge in [0, 0.05) is 15.9 Å². The van der Waals surface area contributed by atoms with Crippen molar-refractivity contribution in [1.82, 2.24) is 15.5 Å². The molecule has 1 unspecified atom stereocenters. The zero-order valence-corrected chi connectivity index (χ0v) is 12.6. The predicted molar refractivity (Wildman–Crippen MR) is 75.9 cm³/mol. The van der Waals surface area contributed by atoms with Gasteiger partial charge in [-0.05, 0) is 46.8 Å². The van der Waals surface area contributed by atoms with Gasteiger partial charge >= 0.3 is 6.03 Å². The number of nitrogens with zero attached hydrogens (tertiary/aromatic N) is 1. The minimum Gasteiger partial charge on any atom is -0.322 e. The molecule has 2 aliphatic heterocycles. The van der Waals surface area contributed by atoms with E-state index in [1.807, 2.05) is 11.4 Å². The summed E-state index contributed by atoms with van der Waals surface area (Å²) < 4.78 is 0.945. The number of hydrogen-bond donors (Lipinski definition) is 2. The smallest absolute Gasteiger partial charge is 0.322 e. The summed E-state index contributed by atoms with van der Waals surface area (Å²) in [5, 5.41) is 8.00. The second-order valence-corrected chi connectivity index (χ2v) is 6.73. The number of imide groups is 1.